The van der Waals surface area contributed by atoms with Gasteiger partial charge >= 0.3 is 0 Å². The van der Waals surface area contributed by atoms with E-state index in [1.165, 1.54) is 5.56 Å². The molecule has 0 aromatic carbocycles. The highest BCUT2D eigenvalue weighted by atomic mass is 32.1. The van der Waals surface area contributed by atoms with E-state index >= 15 is 0 Å². The van der Waals surface area contributed by atoms with Crippen LogP contribution in [0, 0.1) is 0 Å². The van der Waals surface area contributed by atoms with E-state index in [4.69, 9.17) is 4.74 Å². The quantitative estimate of drug-likeness (QED) is 0.836. The van der Waals surface area contributed by atoms with Crippen molar-refractivity contribution < 1.29 is 4.74 Å². The van der Waals surface area contributed by atoms with Crippen LogP contribution in [0.1, 0.15) is 12.5 Å². The molecule has 0 aliphatic heterocycles. The van der Waals surface area contributed by atoms with Crippen molar-refractivity contribution in [3.8, 4) is 0 Å². The molecule has 4 nitrogen and oxygen atoms in total. The third-order valence-electron chi connectivity index (χ3n) is 2.73. The minimum Gasteiger partial charge on any atom is -0.383 e. The fourth-order valence-corrected chi connectivity index (χ4v) is 2.53. The molecule has 5 heteroatoms. The highest BCUT2D eigenvalue weighted by Crippen LogP contribution is 2.11. The highest BCUT2D eigenvalue weighted by molar-refractivity contribution is 7.07. The topological polar surface area (TPSA) is 39.1 Å². The molecule has 0 amide bonds. The molecule has 0 saturated heterocycles. The van der Waals surface area contributed by atoms with E-state index in [1.807, 2.05) is 12.4 Å². The van der Waals surface area contributed by atoms with Crippen molar-refractivity contribution in [3.63, 3.8) is 0 Å². The Balaban J connectivity index is 1.91. The second-order valence-electron chi connectivity index (χ2n) is 4.33. The maximum Gasteiger partial charge on any atom is 0.203 e. The minimum atomic E-state index is 0.261. The van der Waals surface area contributed by atoms with Crippen LogP contribution in [0.25, 0.3) is 0 Å². The maximum atomic E-state index is 5.11. The van der Waals surface area contributed by atoms with E-state index in [1.54, 1.807) is 18.4 Å². The average molecular weight is 265 g/mol. The highest BCUT2D eigenvalue weighted by Gasteiger charge is 2.06. The van der Waals surface area contributed by atoms with Crippen molar-refractivity contribution in [3.05, 3.63) is 34.8 Å². The van der Waals surface area contributed by atoms with E-state index in [2.05, 4.69) is 38.6 Å². The van der Waals surface area contributed by atoms with Gasteiger partial charge in [0.15, 0.2) is 0 Å². The average Bonchev–Trinajstić information content (AvgIpc) is 2.97. The van der Waals surface area contributed by atoms with Gasteiger partial charge in [0.1, 0.15) is 0 Å². The van der Waals surface area contributed by atoms with Crippen molar-refractivity contribution in [1.82, 2.24) is 9.55 Å². The Morgan fingerprint density at radius 1 is 1.56 bits per heavy atom. The monoisotopic (exact) mass is 265 g/mol. The SMILES string of the molecule is COCC(C)Nc1nccn1CCc1ccsc1. The van der Waals surface area contributed by atoms with E-state index in [0.717, 1.165) is 18.9 Å². The predicted octanol–water partition coefficient (Wildman–Crippen LogP) is 2.63. The molecule has 1 unspecified atom stereocenters. The molecule has 2 rings (SSSR count). The molecule has 1 N–H and O–H groups in total. The number of nitrogens with one attached hydrogen (secondary N) is 1. The third kappa shape index (κ3) is 3.58. The fourth-order valence-electron chi connectivity index (χ4n) is 1.83. The van der Waals surface area contributed by atoms with Gasteiger partial charge < -0.3 is 14.6 Å². The van der Waals surface area contributed by atoms with Gasteiger partial charge in [-0.25, -0.2) is 4.98 Å². The summed E-state index contributed by atoms with van der Waals surface area (Å²) in [4.78, 5) is 4.34. The Bertz CT molecular complexity index is 453. The second-order valence-corrected chi connectivity index (χ2v) is 5.11. The van der Waals surface area contributed by atoms with Crippen LogP contribution in [0.5, 0.6) is 0 Å². The predicted molar refractivity (Wildman–Crippen MR) is 75.2 cm³/mol. The van der Waals surface area contributed by atoms with Crippen molar-refractivity contribution in [1.29, 1.82) is 0 Å². The Morgan fingerprint density at radius 3 is 3.17 bits per heavy atom. The smallest absolute Gasteiger partial charge is 0.203 e. The first-order valence-corrected chi connectivity index (χ1v) is 7.01. The first-order chi connectivity index (χ1) is 8.79. The van der Waals surface area contributed by atoms with Gasteiger partial charge in [0.25, 0.3) is 0 Å². The lowest BCUT2D eigenvalue weighted by atomic mass is 10.2. The third-order valence-corrected chi connectivity index (χ3v) is 3.46. The number of ether oxygens (including phenoxy) is 1. The second kappa shape index (κ2) is 6.56. The van der Waals surface area contributed by atoms with Crippen molar-refractivity contribution >= 4 is 17.3 Å². The molecule has 0 aliphatic rings. The standard InChI is InChI=1S/C13H19N3OS/c1-11(9-17-2)15-13-14-5-7-16(13)6-3-12-4-8-18-10-12/h4-5,7-8,10-11H,3,6,9H2,1-2H3,(H,14,15). The summed E-state index contributed by atoms with van der Waals surface area (Å²) in [5.41, 5.74) is 1.38. The van der Waals surface area contributed by atoms with Gasteiger partial charge in [-0.15, -0.1) is 0 Å². The molecule has 98 valence electrons. The molecule has 0 saturated carbocycles. The molecule has 18 heavy (non-hydrogen) atoms. The van der Waals surface area contributed by atoms with Crippen molar-refractivity contribution in [2.75, 3.05) is 19.0 Å². The fraction of sp³-hybridized carbons (Fsp3) is 0.462. The summed E-state index contributed by atoms with van der Waals surface area (Å²) in [6.45, 7) is 3.71. The Labute approximate surface area is 112 Å². The summed E-state index contributed by atoms with van der Waals surface area (Å²) in [5, 5.41) is 7.66. The van der Waals surface area contributed by atoms with Gasteiger partial charge in [-0.2, -0.15) is 11.3 Å². The number of anilines is 1. The van der Waals surface area contributed by atoms with Gasteiger partial charge in [-0.1, -0.05) is 0 Å². The van der Waals surface area contributed by atoms with E-state index in [9.17, 15) is 0 Å². The van der Waals surface area contributed by atoms with Crippen molar-refractivity contribution in [2.45, 2.75) is 25.9 Å². The summed E-state index contributed by atoms with van der Waals surface area (Å²) in [5.74, 6) is 0.912. The van der Waals surface area contributed by atoms with E-state index in [0.29, 0.717) is 6.61 Å². The van der Waals surface area contributed by atoms with Crippen LogP contribution in [-0.4, -0.2) is 29.3 Å². The molecule has 0 bridgehead atoms. The van der Waals surface area contributed by atoms with Crippen LogP contribution < -0.4 is 5.32 Å². The van der Waals surface area contributed by atoms with E-state index in [-0.39, 0.29) is 6.04 Å². The number of imidazole rings is 1. The summed E-state index contributed by atoms with van der Waals surface area (Å²) in [6, 6.07) is 2.43. The number of methoxy groups -OCH3 is 1. The Hall–Kier alpha value is -1.33. The zero-order chi connectivity index (χ0) is 12.8. The minimum absolute atomic E-state index is 0.261. The van der Waals surface area contributed by atoms with Crippen LogP contribution in [0.4, 0.5) is 5.95 Å². The number of rotatable bonds is 7. The number of aromatic nitrogens is 2. The van der Waals surface area contributed by atoms with E-state index < -0.39 is 0 Å². The van der Waals surface area contributed by atoms with Crippen LogP contribution in [0.15, 0.2) is 29.2 Å². The van der Waals surface area contributed by atoms with Gasteiger partial charge in [-0.3, -0.25) is 0 Å². The number of hydrogen-bond acceptors (Lipinski definition) is 4. The van der Waals surface area contributed by atoms with Crippen LogP contribution in [-0.2, 0) is 17.7 Å². The summed E-state index contributed by atoms with van der Waals surface area (Å²) >= 11 is 1.74. The lowest BCUT2D eigenvalue weighted by Gasteiger charge is -2.15. The van der Waals surface area contributed by atoms with Gasteiger partial charge in [0.2, 0.25) is 5.95 Å². The largest absolute Gasteiger partial charge is 0.383 e. The number of thiophene rings is 1. The van der Waals surface area contributed by atoms with Crippen LogP contribution in [0.3, 0.4) is 0 Å². The van der Waals surface area contributed by atoms with Crippen molar-refractivity contribution in [2.24, 2.45) is 0 Å². The van der Waals surface area contributed by atoms with Gasteiger partial charge in [-0.05, 0) is 35.7 Å². The molecule has 2 aromatic rings. The molecule has 0 spiro atoms. The number of aryl methyl sites for hydroxylation is 2. The van der Waals surface area contributed by atoms with Gasteiger partial charge in [0.05, 0.1) is 6.61 Å². The Morgan fingerprint density at radius 2 is 2.44 bits per heavy atom. The molecule has 0 aliphatic carbocycles. The van der Waals surface area contributed by atoms with Crippen LogP contribution in [0.2, 0.25) is 0 Å². The molecular weight excluding hydrogens is 246 g/mol. The summed E-state index contributed by atoms with van der Waals surface area (Å²) in [7, 11) is 1.71. The summed E-state index contributed by atoms with van der Waals surface area (Å²) in [6.07, 6.45) is 4.87. The molecule has 2 aromatic heterocycles. The van der Waals surface area contributed by atoms with Gasteiger partial charge in [0, 0.05) is 32.1 Å². The first-order valence-electron chi connectivity index (χ1n) is 6.07. The zero-order valence-electron chi connectivity index (χ0n) is 10.8. The normalized spacial score (nSPS) is 12.6. The molecule has 1 atom stereocenters. The molecule has 0 radical (unpaired) electrons. The maximum absolute atomic E-state index is 5.11. The molecule has 0 fully saturated rings. The number of hydrogen-bond donors (Lipinski definition) is 1. The zero-order valence-corrected chi connectivity index (χ0v) is 11.6. The van der Waals surface area contributed by atoms with Crippen LogP contribution >= 0.6 is 11.3 Å². The molecule has 2 heterocycles. The first kappa shape index (κ1) is 13.1. The lowest BCUT2D eigenvalue weighted by Crippen LogP contribution is -2.23. The Kier molecular flexibility index (Phi) is 4.78. The summed E-state index contributed by atoms with van der Waals surface area (Å²) < 4.78 is 7.26. The molecular formula is C13H19N3OS. The lowest BCUT2D eigenvalue weighted by molar-refractivity contribution is 0.190. The number of nitrogens with zero attached hydrogens (tertiary/aromatic N) is 2.